The van der Waals surface area contributed by atoms with Gasteiger partial charge in [0, 0.05) is 0 Å². The van der Waals surface area contributed by atoms with Crippen molar-refractivity contribution in [2.24, 2.45) is 0 Å². The number of unbranched alkanes of at least 4 members (excludes halogenated alkanes) is 1. The van der Waals surface area contributed by atoms with Crippen LogP contribution in [0.15, 0.2) is 0 Å². The van der Waals surface area contributed by atoms with E-state index in [2.05, 4.69) is 11.7 Å². The lowest BCUT2D eigenvalue weighted by Gasteiger charge is -1.89. The number of hydrogen-bond donors (Lipinski definition) is 0. The first kappa shape index (κ1) is 6.47. The minimum atomic E-state index is 0.398. The molecule has 0 heterocycles. The third-order valence-corrected chi connectivity index (χ3v) is 0.474. The molecule has 0 aliphatic carbocycles. The van der Waals surface area contributed by atoms with Gasteiger partial charge in [0.1, 0.15) is 6.61 Å². The van der Waals surface area contributed by atoms with Crippen molar-refractivity contribution < 1.29 is 9.53 Å². The summed E-state index contributed by atoms with van der Waals surface area (Å²) in [5.41, 5.74) is 0. The average Bonchev–Trinajstić information content (AvgIpc) is 1.69. The van der Waals surface area contributed by atoms with Crippen molar-refractivity contribution >= 4 is 6.47 Å². The predicted octanol–water partition coefficient (Wildman–Crippen LogP) is 0.935. The van der Waals surface area contributed by atoms with E-state index in [1.807, 2.05) is 0 Å². The van der Waals surface area contributed by atoms with Crippen LogP contribution < -0.4 is 0 Å². The molecule has 0 fully saturated rings. The first-order valence-electron chi connectivity index (χ1n) is 2.12. The van der Waals surface area contributed by atoms with Gasteiger partial charge in [-0.25, -0.2) is 0 Å². The molecule has 0 amide bonds. The Hall–Kier alpha value is -0.530. The highest BCUT2D eigenvalue weighted by molar-refractivity contribution is 5.37. The molecule has 0 atom stereocenters. The van der Waals surface area contributed by atoms with Gasteiger partial charge in [-0.05, 0) is 12.8 Å². The highest BCUT2D eigenvalue weighted by atomic mass is 16.5. The maximum atomic E-state index is 9.41. The number of carbonyl (C=O) groups excluding carboxylic acids is 1. The SMILES string of the molecule is [CH2]CC[CH]OC=O. The number of hydrogen-bond acceptors (Lipinski definition) is 2. The molecule has 0 aliphatic rings. The summed E-state index contributed by atoms with van der Waals surface area (Å²) in [7, 11) is 0. The van der Waals surface area contributed by atoms with Crippen molar-refractivity contribution in [3.63, 3.8) is 0 Å². The van der Waals surface area contributed by atoms with E-state index in [1.54, 1.807) is 0 Å². The molecule has 2 nitrogen and oxygen atoms in total. The summed E-state index contributed by atoms with van der Waals surface area (Å²) >= 11 is 0. The quantitative estimate of drug-likeness (QED) is 0.388. The maximum Gasteiger partial charge on any atom is 0.293 e. The van der Waals surface area contributed by atoms with Crippen molar-refractivity contribution in [1.29, 1.82) is 0 Å². The van der Waals surface area contributed by atoms with Crippen LogP contribution in [0.25, 0.3) is 0 Å². The molecule has 0 bridgehead atoms. The molecule has 2 heteroatoms. The third-order valence-electron chi connectivity index (χ3n) is 0.474. The predicted molar refractivity (Wildman–Crippen MR) is 26.0 cm³/mol. The number of ether oxygens (including phenoxy) is 1. The molecule has 0 rings (SSSR count). The molecule has 2 radical (unpaired) electrons. The second kappa shape index (κ2) is 5.47. The van der Waals surface area contributed by atoms with Crippen LogP contribution in [0.2, 0.25) is 0 Å². The summed E-state index contributed by atoms with van der Waals surface area (Å²) in [6.45, 7) is 5.36. The molecule has 0 saturated heterocycles. The Kier molecular flexibility index (Phi) is 5.06. The van der Waals surface area contributed by atoms with Gasteiger partial charge in [0.2, 0.25) is 0 Å². The largest absolute Gasteiger partial charge is 0.461 e. The van der Waals surface area contributed by atoms with Gasteiger partial charge in [0.15, 0.2) is 0 Å². The van der Waals surface area contributed by atoms with E-state index < -0.39 is 0 Å². The van der Waals surface area contributed by atoms with E-state index in [-0.39, 0.29) is 0 Å². The van der Waals surface area contributed by atoms with Crippen LogP contribution in [0.1, 0.15) is 12.8 Å². The van der Waals surface area contributed by atoms with E-state index in [4.69, 9.17) is 0 Å². The van der Waals surface area contributed by atoms with Crippen LogP contribution in [0, 0.1) is 13.5 Å². The van der Waals surface area contributed by atoms with Crippen molar-refractivity contribution in [2.45, 2.75) is 12.8 Å². The minimum absolute atomic E-state index is 0.398. The van der Waals surface area contributed by atoms with Gasteiger partial charge in [-0.1, -0.05) is 6.92 Å². The summed E-state index contributed by atoms with van der Waals surface area (Å²) in [6.07, 6.45) is 1.51. The van der Waals surface area contributed by atoms with Crippen LogP contribution in [0.5, 0.6) is 0 Å². The fourth-order valence-electron chi connectivity index (χ4n) is 0.191. The topological polar surface area (TPSA) is 26.3 Å². The van der Waals surface area contributed by atoms with Crippen LogP contribution in [-0.2, 0) is 9.53 Å². The van der Waals surface area contributed by atoms with E-state index in [0.29, 0.717) is 6.47 Å². The maximum absolute atomic E-state index is 9.41. The van der Waals surface area contributed by atoms with Crippen LogP contribution in [0.4, 0.5) is 0 Å². The zero-order valence-corrected chi connectivity index (χ0v) is 4.09. The molecule has 0 aliphatic heterocycles. The number of carbonyl (C=O) groups is 1. The molecule has 0 N–H and O–H groups in total. The Morgan fingerprint density at radius 3 is 2.86 bits per heavy atom. The molecule has 40 valence electrons. The Bertz CT molecular complexity index is 43.3. The van der Waals surface area contributed by atoms with Crippen molar-refractivity contribution in [3.05, 3.63) is 13.5 Å². The highest BCUT2D eigenvalue weighted by Gasteiger charge is 1.80. The smallest absolute Gasteiger partial charge is 0.293 e. The van der Waals surface area contributed by atoms with Crippen LogP contribution in [0.3, 0.4) is 0 Å². The average molecular weight is 100 g/mol. The van der Waals surface area contributed by atoms with Crippen molar-refractivity contribution in [1.82, 2.24) is 0 Å². The minimum Gasteiger partial charge on any atom is -0.461 e. The third kappa shape index (κ3) is 5.47. The Balaban J connectivity index is 2.56. The van der Waals surface area contributed by atoms with Gasteiger partial charge in [-0.15, -0.1) is 0 Å². The summed E-state index contributed by atoms with van der Waals surface area (Å²) in [5.74, 6) is 0. The normalized spacial score (nSPS) is 8.14. The standard InChI is InChI=1S/C5H8O2/c1-2-3-4-7-5-6/h4-5H,1-3H2. The summed E-state index contributed by atoms with van der Waals surface area (Å²) in [6, 6.07) is 0. The second-order valence-electron chi connectivity index (χ2n) is 1.04. The first-order chi connectivity index (χ1) is 3.41. The molecule has 0 aromatic rings. The lowest BCUT2D eigenvalue weighted by Crippen LogP contribution is -1.81. The van der Waals surface area contributed by atoms with Gasteiger partial charge in [0.05, 0.1) is 0 Å². The molecule has 0 spiro atoms. The lowest BCUT2D eigenvalue weighted by atomic mass is 10.4. The highest BCUT2D eigenvalue weighted by Crippen LogP contribution is 1.89. The van der Waals surface area contributed by atoms with E-state index in [0.717, 1.165) is 12.8 Å². The fourth-order valence-corrected chi connectivity index (χ4v) is 0.191. The fraction of sp³-hybridized carbons (Fsp3) is 0.400. The van der Waals surface area contributed by atoms with E-state index >= 15 is 0 Å². The Morgan fingerprint density at radius 2 is 2.43 bits per heavy atom. The summed E-state index contributed by atoms with van der Waals surface area (Å²) in [5, 5.41) is 0. The molecular weight excluding hydrogens is 92.1 g/mol. The second-order valence-corrected chi connectivity index (χ2v) is 1.04. The molecule has 0 saturated carbocycles. The molecular formula is C5H8O2. The van der Waals surface area contributed by atoms with Crippen LogP contribution in [-0.4, -0.2) is 6.47 Å². The molecule has 0 aromatic carbocycles. The summed E-state index contributed by atoms with van der Waals surface area (Å²) in [4.78, 5) is 9.41. The monoisotopic (exact) mass is 100 g/mol. The van der Waals surface area contributed by atoms with Crippen LogP contribution >= 0.6 is 0 Å². The summed E-state index contributed by atoms with van der Waals surface area (Å²) < 4.78 is 4.23. The zero-order chi connectivity index (χ0) is 5.54. The van der Waals surface area contributed by atoms with Crippen molar-refractivity contribution in [3.8, 4) is 0 Å². The van der Waals surface area contributed by atoms with Gasteiger partial charge < -0.3 is 4.74 Å². The Labute approximate surface area is 43.5 Å². The van der Waals surface area contributed by atoms with Gasteiger partial charge in [0.25, 0.3) is 6.47 Å². The van der Waals surface area contributed by atoms with Gasteiger partial charge in [-0.2, -0.15) is 0 Å². The van der Waals surface area contributed by atoms with Gasteiger partial charge in [-0.3, -0.25) is 4.79 Å². The first-order valence-corrected chi connectivity index (χ1v) is 2.12. The number of rotatable bonds is 4. The van der Waals surface area contributed by atoms with E-state index in [1.165, 1.54) is 6.61 Å². The van der Waals surface area contributed by atoms with Gasteiger partial charge >= 0.3 is 0 Å². The molecule has 0 aromatic heterocycles. The lowest BCUT2D eigenvalue weighted by molar-refractivity contribution is -0.125. The molecule has 7 heavy (non-hydrogen) atoms. The van der Waals surface area contributed by atoms with Crippen molar-refractivity contribution in [2.75, 3.05) is 0 Å². The molecule has 0 unspecified atom stereocenters. The Morgan fingerprint density at radius 1 is 1.71 bits per heavy atom. The zero-order valence-electron chi connectivity index (χ0n) is 4.09. The van der Waals surface area contributed by atoms with E-state index in [9.17, 15) is 4.79 Å².